The number of carbonyl (C=O) groups is 1. The summed E-state index contributed by atoms with van der Waals surface area (Å²) in [5, 5.41) is 12.0. The fourth-order valence-corrected chi connectivity index (χ4v) is 4.48. The number of aryl methyl sites for hydroxylation is 1. The number of nitrogens with one attached hydrogen (secondary N) is 1. The summed E-state index contributed by atoms with van der Waals surface area (Å²) >= 11 is 0. The number of nitrogens with zero attached hydrogens (tertiary/aromatic N) is 2. The van der Waals surface area contributed by atoms with E-state index in [4.69, 9.17) is 0 Å². The summed E-state index contributed by atoms with van der Waals surface area (Å²) in [5.74, 6) is -0.0605. The van der Waals surface area contributed by atoms with Crippen LogP contribution in [0, 0.1) is 10.1 Å². The van der Waals surface area contributed by atoms with Gasteiger partial charge in [-0.15, -0.1) is 0 Å². The fourth-order valence-electron chi connectivity index (χ4n) is 4.48. The van der Waals surface area contributed by atoms with Crippen LogP contribution in [0.15, 0.2) is 48.5 Å². The molecule has 1 saturated carbocycles. The molecular formula is C22H21N3O3. The van der Waals surface area contributed by atoms with Crippen molar-refractivity contribution >= 4 is 22.5 Å². The third-order valence-corrected chi connectivity index (χ3v) is 5.91. The lowest BCUT2D eigenvalue weighted by molar-refractivity contribution is -0.383. The molecule has 0 radical (unpaired) electrons. The monoisotopic (exact) mass is 375 g/mol. The molecule has 2 aliphatic carbocycles. The number of H-pyrrole nitrogens is 1. The zero-order chi connectivity index (χ0) is 19.3. The number of para-hydroxylation sites is 1. The molecule has 1 heterocycles. The van der Waals surface area contributed by atoms with Crippen LogP contribution in [0.1, 0.15) is 53.3 Å². The molecule has 0 aliphatic heterocycles. The Balaban J connectivity index is 1.56. The average Bonchev–Trinajstić information content (AvgIpc) is 3.44. The Morgan fingerprint density at radius 2 is 1.93 bits per heavy atom. The number of rotatable bonds is 4. The van der Waals surface area contributed by atoms with E-state index in [1.165, 1.54) is 17.2 Å². The maximum atomic E-state index is 13.5. The topological polar surface area (TPSA) is 79.2 Å². The van der Waals surface area contributed by atoms with Gasteiger partial charge in [0, 0.05) is 17.5 Å². The summed E-state index contributed by atoms with van der Waals surface area (Å²) in [6.07, 6.45) is 5.11. The van der Waals surface area contributed by atoms with Crippen LogP contribution in [-0.4, -0.2) is 26.8 Å². The van der Waals surface area contributed by atoms with Crippen molar-refractivity contribution in [2.45, 2.75) is 44.2 Å². The van der Waals surface area contributed by atoms with Crippen LogP contribution in [0.5, 0.6) is 0 Å². The van der Waals surface area contributed by atoms with E-state index in [2.05, 4.69) is 23.2 Å². The molecule has 1 amide bonds. The number of hydrogen-bond acceptors (Lipinski definition) is 3. The number of aromatic amines is 1. The Kier molecular flexibility index (Phi) is 3.93. The van der Waals surface area contributed by atoms with Gasteiger partial charge in [0.1, 0.15) is 11.2 Å². The molecule has 0 bridgehead atoms. The summed E-state index contributed by atoms with van der Waals surface area (Å²) in [6.45, 7) is 0. The Morgan fingerprint density at radius 3 is 2.71 bits per heavy atom. The third-order valence-electron chi connectivity index (χ3n) is 5.91. The van der Waals surface area contributed by atoms with Crippen molar-refractivity contribution in [3.8, 4) is 0 Å². The highest BCUT2D eigenvalue weighted by Gasteiger charge is 2.40. The molecule has 0 spiro atoms. The van der Waals surface area contributed by atoms with Gasteiger partial charge < -0.3 is 9.88 Å². The number of aromatic nitrogens is 1. The van der Waals surface area contributed by atoms with Crippen molar-refractivity contribution in [1.82, 2.24) is 9.88 Å². The van der Waals surface area contributed by atoms with Crippen LogP contribution < -0.4 is 0 Å². The number of hydrogen-bond donors (Lipinski definition) is 1. The minimum atomic E-state index is -0.414. The molecule has 1 N–H and O–H groups in total. The van der Waals surface area contributed by atoms with Gasteiger partial charge in [0.25, 0.3) is 11.6 Å². The number of non-ortho nitro benzene ring substituents is 1. The maximum Gasteiger partial charge on any atom is 0.293 e. The van der Waals surface area contributed by atoms with Gasteiger partial charge in [-0.2, -0.15) is 0 Å². The van der Waals surface area contributed by atoms with E-state index in [-0.39, 0.29) is 23.7 Å². The van der Waals surface area contributed by atoms with E-state index < -0.39 is 4.92 Å². The molecule has 5 rings (SSSR count). The quantitative estimate of drug-likeness (QED) is 0.527. The van der Waals surface area contributed by atoms with E-state index in [1.807, 2.05) is 11.0 Å². The van der Waals surface area contributed by atoms with Gasteiger partial charge in [-0.1, -0.05) is 36.4 Å². The Bertz CT molecular complexity index is 1080. The molecule has 6 nitrogen and oxygen atoms in total. The minimum absolute atomic E-state index is 0.00228. The van der Waals surface area contributed by atoms with Gasteiger partial charge in [-0.05, 0) is 49.3 Å². The van der Waals surface area contributed by atoms with Gasteiger partial charge in [0.15, 0.2) is 0 Å². The van der Waals surface area contributed by atoms with Crippen molar-refractivity contribution in [3.05, 3.63) is 75.5 Å². The zero-order valence-electron chi connectivity index (χ0n) is 15.4. The van der Waals surface area contributed by atoms with Crippen molar-refractivity contribution in [1.29, 1.82) is 0 Å². The first-order valence-corrected chi connectivity index (χ1v) is 9.80. The normalized spacial score (nSPS) is 18.6. The van der Waals surface area contributed by atoms with Gasteiger partial charge in [0.05, 0.1) is 11.0 Å². The highest BCUT2D eigenvalue weighted by atomic mass is 16.6. The number of amides is 1. The molecule has 1 atom stereocenters. The van der Waals surface area contributed by atoms with Crippen molar-refractivity contribution in [2.75, 3.05) is 0 Å². The second-order valence-electron chi connectivity index (χ2n) is 7.73. The first-order valence-electron chi connectivity index (χ1n) is 9.80. The van der Waals surface area contributed by atoms with Gasteiger partial charge in [-0.25, -0.2) is 0 Å². The Hall–Kier alpha value is -3.15. The van der Waals surface area contributed by atoms with E-state index in [9.17, 15) is 14.9 Å². The van der Waals surface area contributed by atoms with Crippen LogP contribution in [0.4, 0.5) is 5.69 Å². The lowest BCUT2D eigenvalue weighted by atomic mass is 9.86. The largest absolute Gasteiger partial charge is 0.345 e. The molecule has 3 aromatic rings. The van der Waals surface area contributed by atoms with Crippen LogP contribution in [0.3, 0.4) is 0 Å². The van der Waals surface area contributed by atoms with Crippen LogP contribution in [0.25, 0.3) is 10.9 Å². The lowest BCUT2D eigenvalue weighted by Crippen LogP contribution is -2.38. The summed E-state index contributed by atoms with van der Waals surface area (Å²) in [6, 6.07) is 15.4. The van der Waals surface area contributed by atoms with Crippen LogP contribution in [0.2, 0.25) is 0 Å². The number of benzene rings is 2. The standard InChI is InChI=1S/C22H21N3O3/c26-22(18-13-15-7-4-10-20(25(27)28)21(15)23-18)24(16-11-12-16)19-9-3-6-14-5-1-2-8-17(14)19/h1-2,4-5,7-8,10,13,16,19,23H,3,6,9,11-12H2. The van der Waals surface area contributed by atoms with Crippen LogP contribution >= 0.6 is 0 Å². The third kappa shape index (κ3) is 2.76. The summed E-state index contributed by atoms with van der Waals surface area (Å²) in [7, 11) is 0. The maximum absolute atomic E-state index is 13.5. The molecule has 6 heteroatoms. The highest BCUT2D eigenvalue weighted by Crippen LogP contribution is 2.41. The summed E-state index contributed by atoms with van der Waals surface area (Å²) < 4.78 is 0. The fraction of sp³-hybridized carbons (Fsp3) is 0.318. The highest BCUT2D eigenvalue weighted by molar-refractivity contribution is 6.00. The summed E-state index contributed by atoms with van der Waals surface area (Å²) in [5.41, 5.74) is 3.41. The molecule has 1 unspecified atom stereocenters. The molecule has 142 valence electrons. The van der Waals surface area contributed by atoms with Gasteiger partial charge >= 0.3 is 0 Å². The Labute approximate surface area is 162 Å². The van der Waals surface area contributed by atoms with E-state index in [0.29, 0.717) is 16.6 Å². The number of nitro benzene ring substituents is 1. The number of fused-ring (bicyclic) bond motifs is 2. The van der Waals surface area contributed by atoms with Crippen molar-refractivity contribution < 1.29 is 9.72 Å². The van der Waals surface area contributed by atoms with Gasteiger partial charge in [0.2, 0.25) is 0 Å². The van der Waals surface area contributed by atoms with Crippen LogP contribution in [-0.2, 0) is 6.42 Å². The predicted molar refractivity (Wildman–Crippen MR) is 106 cm³/mol. The molecule has 28 heavy (non-hydrogen) atoms. The molecule has 0 saturated heterocycles. The smallest absolute Gasteiger partial charge is 0.293 e. The molecular weight excluding hydrogens is 354 g/mol. The number of nitro groups is 1. The molecule has 1 fully saturated rings. The Morgan fingerprint density at radius 1 is 1.11 bits per heavy atom. The van der Waals surface area contributed by atoms with Crippen molar-refractivity contribution in [3.63, 3.8) is 0 Å². The second-order valence-corrected chi connectivity index (χ2v) is 7.73. The predicted octanol–water partition coefficient (Wildman–Crippen LogP) is 4.76. The average molecular weight is 375 g/mol. The SMILES string of the molecule is O=C(c1cc2cccc([N+](=O)[O-])c2[nH]1)N(C1CC1)C1CCCc2ccccc21. The molecule has 2 aliphatic rings. The van der Waals surface area contributed by atoms with E-state index in [1.54, 1.807) is 18.2 Å². The molecule has 1 aromatic heterocycles. The van der Waals surface area contributed by atoms with Gasteiger partial charge in [-0.3, -0.25) is 14.9 Å². The first kappa shape index (κ1) is 17.0. The second kappa shape index (κ2) is 6.48. The molecule has 2 aromatic carbocycles. The summed E-state index contributed by atoms with van der Waals surface area (Å²) in [4.78, 5) is 29.5. The van der Waals surface area contributed by atoms with E-state index >= 15 is 0 Å². The van der Waals surface area contributed by atoms with Crippen molar-refractivity contribution in [2.24, 2.45) is 0 Å². The lowest BCUT2D eigenvalue weighted by Gasteiger charge is -2.36. The minimum Gasteiger partial charge on any atom is -0.345 e. The first-order chi connectivity index (χ1) is 13.6. The number of carbonyl (C=O) groups excluding carboxylic acids is 1. The zero-order valence-corrected chi connectivity index (χ0v) is 15.4. The van der Waals surface area contributed by atoms with E-state index in [0.717, 1.165) is 32.1 Å².